The van der Waals surface area contributed by atoms with Crippen molar-refractivity contribution in [2.24, 2.45) is 0 Å². The van der Waals surface area contributed by atoms with Gasteiger partial charge in [0.2, 0.25) is 0 Å². The first kappa shape index (κ1) is 17.0. The average Bonchev–Trinajstić information content (AvgIpc) is 2.67. The van der Waals surface area contributed by atoms with Crippen LogP contribution < -0.4 is 5.32 Å². The Hall–Kier alpha value is -2.79. The van der Waals surface area contributed by atoms with E-state index in [4.69, 9.17) is 4.74 Å². The molecule has 3 aromatic rings. The normalized spacial score (nSPS) is 10.5. The number of nitrogens with one attached hydrogen (secondary N) is 1. The fourth-order valence-corrected chi connectivity index (χ4v) is 3.80. The molecule has 0 heterocycles. The van der Waals surface area contributed by atoms with Crippen molar-refractivity contribution in [1.82, 2.24) is 5.32 Å². The molecule has 0 spiro atoms. The molecule has 0 aromatic heterocycles. The summed E-state index contributed by atoms with van der Waals surface area (Å²) in [7, 11) is 2.98. The summed E-state index contributed by atoms with van der Waals surface area (Å²) in [6.45, 7) is 0. The smallest absolute Gasteiger partial charge is 0.338 e. The highest BCUT2D eigenvalue weighted by atomic mass is 32.2. The lowest BCUT2D eigenvalue weighted by atomic mass is 10.0. The highest BCUT2D eigenvalue weighted by molar-refractivity contribution is 7.99. The number of ether oxygens (including phenoxy) is 1. The number of methoxy groups -OCH3 is 1. The van der Waals surface area contributed by atoms with Crippen LogP contribution in [0.25, 0.3) is 10.8 Å². The number of benzene rings is 3. The monoisotopic (exact) mass is 351 g/mol. The molecule has 0 saturated heterocycles. The van der Waals surface area contributed by atoms with Crippen LogP contribution in [0.4, 0.5) is 0 Å². The second-order valence-electron chi connectivity index (χ2n) is 5.33. The summed E-state index contributed by atoms with van der Waals surface area (Å²) >= 11 is 1.46. The number of amides is 1. The van der Waals surface area contributed by atoms with Crippen molar-refractivity contribution in [1.29, 1.82) is 0 Å². The Bertz CT molecular complexity index is 947. The van der Waals surface area contributed by atoms with E-state index in [0.29, 0.717) is 11.1 Å². The molecule has 25 heavy (non-hydrogen) atoms. The summed E-state index contributed by atoms with van der Waals surface area (Å²) in [6.07, 6.45) is 0. The molecule has 1 amide bonds. The number of carbonyl (C=O) groups is 2. The summed E-state index contributed by atoms with van der Waals surface area (Å²) in [5.74, 6) is -0.519. The summed E-state index contributed by atoms with van der Waals surface area (Å²) in [5.41, 5.74) is 1.11. The molecule has 0 aliphatic heterocycles. The first-order valence-corrected chi connectivity index (χ1v) is 8.56. The van der Waals surface area contributed by atoms with E-state index in [1.807, 2.05) is 48.5 Å². The van der Waals surface area contributed by atoms with Gasteiger partial charge in [-0.15, -0.1) is 0 Å². The molecule has 4 nitrogen and oxygen atoms in total. The van der Waals surface area contributed by atoms with Crippen molar-refractivity contribution >= 4 is 34.4 Å². The highest BCUT2D eigenvalue weighted by Crippen LogP contribution is 2.37. The molecule has 0 aliphatic carbocycles. The van der Waals surface area contributed by atoms with Crippen molar-refractivity contribution in [2.45, 2.75) is 9.79 Å². The second kappa shape index (κ2) is 7.40. The van der Waals surface area contributed by atoms with E-state index in [-0.39, 0.29) is 11.9 Å². The minimum absolute atomic E-state index is 0.142. The third kappa shape index (κ3) is 3.37. The quantitative estimate of drug-likeness (QED) is 0.718. The van der Waals surface area contributed by atoms with E-state index >= 15 is 0 Å². The zero-order valence-electron chi connectivity index (χ0n) is 13.9. The first-order chi connectivity index (χ1) is 12.2. The summed E-state index contributed by atoms with van der Waals surface area (Å²) in [6, 6.07) is 18.8. The van der Waals surface area contributed by atoms with Gasteiger partial charge >= 0.3 is 5.97 Å². The van der Waals surface area contributed by atoms with Gasteiger partial charge in [-0.3, -0.25) is 4.79 Å². The molecule has 126 valence electrons. The molecule has 0 fully saturated rings. The molecule has 0 atom stereocenters. The minimum atomic E-state index is -0.377. The zero-order valence-corrected chi connectivity index (χ0v) is 14.7. The third-order valence-corrected chi connectivity index (χ3v) is 4.99. The minimum Gasteiger partial charge on any atom is -0.465 e. The molecule has 0 aliphatic rings. The standard InChI is InChI=1S/C20H17NO3S/c1-21-19(22)14-9-3-4-11-16(14)25-17-12-6-8-13-7-5-10-15(18(13)17)20(23)24-2/h3-12H,1-2H3,(H,21,22). The number of carbonyl (C=O) groups excluding carboxylic acids is 2. The zero-order chi connectivity index (χ0) is 17.8. The summed E-state index contributed by atoms with van der Waals surface area (Å²) in [4.78, 5) is 26.0. The Morgan fingerprint density at radius 3 is 2.24 bits per heavy atom. The molecular weight excluding hydrogens is 334 g/mol. The fourth-order valence-electron chi connectivity index (χ4n) is 2.67. The van der Waals surface area contributed by atoms with Crippen LogP contribution in [-0.2, 0) is 4.74 Å². The maximum absolute atomic E-state index is 12.2. The Kier molecular flexibility index (Phi) is 5.05. The van der Waals surface area contributed by atoms with Gasteiger partial charge in [-0.1, -0.05) is 48.2 Å². The van der Waals surface area contributed by atoms with Gasteiger partial charge in [0.1, 0.15) is 0 Å². The molecule has 5 heteroatoms. The van der Waals surface area contributed by atoms with Crippen LogP contribution in [0.15, 0.2) is 70.5 Å². The SMILES string of the molecule is CNC(=O)c1ccccc1Sc1cccc2cccc(C(=O)OC)c12. The number of rotatable bonds is 4. The Morgan fingerprint density at radius 1 is 0.880 bits per heavy atom. The Balaban J connectivity index is 2.15. The van der Waals surface area contributed by atoms with Crippen LogP contribution >= 0.6 is 11.8 Å². The van der Waals surface area contributed by atoms with E-state index in [9.17, 15) is 9.59 Å². The van der Waals surface area contributed by atoms with Crippen LogP contribution in [-0.4, -0.2) is 26.0 Å². The van der Waals surface area contributed by atoms with Crippen molar-refractivity contribution in [3.63, 3.8) is 0 Å². The van der Waals surface area contributed by atoms with Gasteiger partial charge in [0.05, 0.1) is 18.2 Å². The van der Waals surface area contributed by atoms with Gasteiger partial charge in [-0.25, -0.2) is 4.79 Å². The Labute approximate surface area is 150 Å². The van der Waals surface area contributed by atoms with Gasteiger partial charge < -0.3 is 10.1 Å². The molecule has 3 aromatic carbocycles. The fraction of sp³-hybridized carbons (Fsp3) is 0.100. The molecule has 0 saturated carbocycles. The second-order valence-corrected chi connectivity index (χ2v) is 6.41. The van der Waals surface area contributed by atoms with E-state index in [2.05, 4.69) is 5.32 Å². The van der Waals surface area contributed by atoms with Gasteiger partial charge in [0.15, 0.2) is 0 Å². The maximum Gasteiger partial charge on any atom is 0.338 e. The van der Waals surface area contributed by atoms with Gasteiger partial charge in [-0.2, -0.15) is 0 Å². The Morgan fingerprint density at radius 2 is 1.52 bits per heavy atom. The molecule has 3 rings (SSSR count). The van der Waals surface area contributed by atoms with Crippen LogP contribution in [0.1, 0.15) is 20.7 Å². The van der Waals surface area contributed by atoms with E-state index in [1.165, 1.54) is 18.9 Å². The average molecular weight is 351 g/mol. The predicted octanol–water partition coefficient (Wildman–Crippen LogP) is 4.14. The molecule has 1 N–H and O–H groups in total. The molecular formula is C20H17NO3S. The molecule has 0 bridgehead atoms. The van der Waals surface area contributed by atoms with Crippen molar-refractivity contribution in [2.75, 3.05) is 14.2 Å². The largest absolute Gasteiger partial charge is 0.465 e. The lowest BCUT2D eigenvalue weighted by Crippen LogP contribution is -2.18. The van der Waals surface area contributed by atoms with Crippen LogP contribution in [0.3, 0.4) is 0 Å². The van der Waals surface area contributed by atoms with Crippen LogP contribution in [0.5, 0.6) is 0 Å². The van der Waals surface area contributed by atoms with E-state index < -0.39 is 0 Å². The van der Waals surface area contributed by atoms with E-state index in [1.54, 1.807) is 19.2 Å². The van der Waals surface area contributed by atoms with Crippen molar-refractivity contribution in [3.8, 4) is 0 Å². The lowest BCUT2D eigenvalue weighted by molar-refractivity contribution is 0.0602. The van der Waals surface area contributed by atoms with Crippen molar-refractivity contribution in [3.05, 3.63) is 71.8 Å². The first-order valence-electron chi connectivity index (χ1n) is 7.74. The number of esters is 1. The van der Waals surface area contributed by atoms with Crippen molar-refractivity contribution < 1.29 is 14.3 Å². The van der Waals surface area contributed by atoms with Crippen LogP contribution in [0, 0.1) is 0 Å². The third-order valence-electron chi connectivity index (χ3n) is 3.85. The van der Waals surface area contributed by atoms with Gasteiger partial charge in [0.25, 0.3) is 5.91 Å². The van der Waals surface area contributed by atoms with Gasteiger partial charge in [0, 0.05) is 22.2 Å². The number of hydrogen-bond donors (Lipinski definition) is 1. The topological polar surface area (TPSA) is 55.4 Å². The summed E-state index contributed by atoms with van der Waals surface area (Å²) < 4.78 is 4.92. The predicted molar refractivity (Wildman–Crippen MR) is 99.2 cm³/mol. The van der Waals surface area contributed by atoms with E-state index in [0.717, 1.165) is 20.6 Å². The number of hydrogen-bond acceptors (Lipinski definition) is 4. The maximum atomic E-state index is 12.2. The number of fused-ring (bicyclic) bond motifs is 1. The van der Waals surface area contributed by atoms with Crippen LogP contribution in [0.2, 0.25) is 0 Å². The summed E-state index contributed by atoms with van der Waals surface area (Å²) in [5, 5.41) is 4.43. The molecule has 0 radical (unpaired) electrons. The lowest BCUT2D eigenvalue weighted by Gasteiger charge is -2.12. The highest BCUT2D eigenvalue weighted by Gasteiger charge is 2.16. The molecule has 0 unspecified atom stereocenters. The van der Waals surface area contributed by atoms with Gasteiger partial charge in [-0.05, 0) is 29.7 Å².